The Morgan fingerprint density at radius 2 is 2.12 bits per heavy atom. The Bertz CT molecular complexity index is 669. The third-order valence-electron chi connectivity index (χ3n) is 2.76. The van der Waals surface area contributed by atoms with Crippen molar-refractivity contribution in [1.82, 2.24) is 9.97 Å². The minimum Gasteiger partial charge on any atom is -0.486 e. The maximum absolute atomic E-state index is 5.28. The first-order valence-electron chi connectivity index (χ1n) is 5.37. The Hall–Kier alpha value is -1.81. The highest BCUT2D eigenvalue weighted by Gasteiger charge is 2.12. The van der Waals surface area contributed by atoms with Crippen LogP contribution in [0.1, 0.15) is 5.69 Å². The van der Waals surface area contributed by atoms with Crippen molar-refractivity contribution in [3.63, 3.8) is 0 Å². The third kappa shape index (κ3) is 1.61. The number of fused-ring (bicyclic) bond motifs is 1. The van der Waals surface area contributed by atoms with Gasteiger partial charge < -0.3 is 9.72 Å². The van der Waals surface area contributed by atoms with Gasteiger partial charge in [0.05, 0.1) is 12.8 Å². The zero-order valence-corrected chi connectivity index (χ0v) is 10.5. The summed E-state index contributed by atoms with van der Waals surface area (Å²) in [5, 5.41) is 3.07. The minimum absolute atomic E-state index is 0.880. The SMILES string of the molecule is COc1sc(-c2c[nH]c3ccccc23)nc1C. The van der Waals surface area contributed by atoms with Gasteiger partial charge in [-0.2, -0.15) is 0 Å². The van der Waals surface area contributed by atoms with E-state index in [4.69, 9.17) is 4.74 Å². The van der Waals surface area contributed by atoms with Gasteiger partial charge in [-0.05, 0) is 13.0 Å². The third-order valence-corrected chi connectivity index (χ3v) is 3.91. The number of rotatable bonds is 2. The molecule has 4 heteroatoms. The molecule has 3 aromatic rings. The quantitative estimate of drug-likeness (QED) is 0.747. The maximum Gasteiger partial charge on any atom is 0.197 e. The van der Waals surface area contributed by atoms with E-state index in [9.17, 15) is 0 Å². The Morgan fingerprint density at radius 3 is 2.88 bits per heavy atom. The molecule has 0 bridgehead atoms. The van der Waals surface area contributed by atoms with E-state index in [-0.39, 0.29) is 0 Å². The molecule has 0 atom stereocenters. The zero-order chi connectivity index (χ0) is 11.8. The van der Waals surface area contributed by atoms with Gasteiger partial charge >= 0.3 is 0 Å². The molecule has 0 fully saturated rings. The number of benzene rings is 1. The topological polar surface area (TPSA) is 37.9 Å². The van der Waals surface area contributed by atoms with Gasteiger partial charge in [0, 0.05) is 22.7 Å². The number of aromatic nitrogens is 2. The Morgan fingerprint density at radius 1 is 1.29 bits per heavy atom. The Labute approximate surface area is 103 Å². The van der Waals surface area contributed by atoms with Crippen molar-refractivity contribution >= 4 is 22.2 Å². The Kier molecular flexibility index (Phi) is 2.37. The van der Waals surface area contributed by atoms with E-state index in [2.05, 4.69) is 22.1 Å². The van der Waals surface area contributed by atoms with E-state index >= 15 is 0 Å². The van der Waals surface area contributed by atoms with Gasteiger partial charge in [-0.1, -0.05) is 29.5 Å². The number of methoxy groups -OCH3 is 1. The largest absolute Gasteiger partial charge is 0.486 e. The molecule has 0 saturated carbocycles. The lowest BCUT2D eigenvalue weighted by atomic mass is 10.2. The zero-order valence-electron chi connectivity index (χ0n) is 9.65. The number of thiazole rings is 1. The van der Waals surface area contributed by atoms with Crippen molar-refractivity contribution in [1.29, 1.82) is 0 Å². The number of aromatic amines is 1. The highest BCUT2D eigenvalue weighted by Crippen LogP contribution is 2.36. The standard InChI is InChI=1S/C13H12N2OS/c1-8-13(16-2)17-12(15-8)10-7-14-11-6-4-3-5-9(10)11/h3-7,14H,1-2H3. The number of aryl methyl sites for hydroxylation is 1. The lowest BCUT2D eigenvalue weighted by Crippen LogP contribution is -1.80. The fourth-order valence-electron chi connectivity index (χ4n) is 1.94. The van der Waals surface area contributed by atoms with Crippen LogP contribution in [0.25, 0.3) is 21.5 Å². The molecule has 2 aromatic heterocycles. The van der Waals surface area contributed by atoms with Crippen LogP contribution in [0.3, 0.4) is 0 Å². The molecule has 0 amide bonds. The molecule has 3 nitrogen and oxygen atoms in total. The van der Waals surface area contributed by atoms with Crippen molar-refractivity contribution in [2.24, 2.45) is 0 Å². The molecular formula is C13H12N2OS. The van der Waals surface area contributed by atoms with Crippen molar-refractivity contribution in [3.05, 3.63) is 36.2 Å². The summed E-state index contributed by atoms with van der Waals surface area (Å²) in [6, 6.07) is 8.23. The summed E-state index contributed by atoms with van der Waals surface area (Å²) in [5.74, 6) is 0. The van der Waals surface area contributed by atoms with Crippen molar-refractivity contribution in [3.8, 4) is 15.6 Å². The van der Waals surface area contributed by atoms with Gasteiger partial charge in [0.25, 0.3) is 0 Å². The number of H-pyrrole nitrogens is 1. The normalized spacial score (nSPS) is 10.9. The highest BCUT2D eigenvalue weighted by molar-refractivity contribution is 7.17. The fourth-order valence-corrected chi connectivity index (χ4v) is 2.85. The predicted molar refractivity (Wildman–Crippen MR) is 70.7 cm³/mol. The molecular weight excluding hydrogens is 232 g/mol. The first-order chi connectivity index (χ1) is 8.29. The summed E-state index contributed by atoms with van der Waals surface area (Å²) in [7, 11) is 1.68. The summed E-state index contributed by atoms with van der Waals surface area (Å²) in [6.07, 6.45) is 2.00. The van der Waals surface area contributed by atoms with Gasteiger partial charge in [0.1, 0.15) is 5.01 Å². The summed E-state index contributed by atoms with van der Waals surface area (Å²) in [5.41, 5.74) is 3.21. The van der Waals surface area contributed by atoms with Gasteiger partial charge in [-0.3, -0.25) is 0 Å². The van der Waals surface area contributed by atoms with Crippen LogP contribution in [0.2, 0.25) is 0 Å². The summed E-state index contributed by atoms with van der Waals surface area (Å²) >= 11 is 1.58. The van der Waals surface area contributed by atoms with E-state index in [0.717, 1.165) is 26.8 Å². The predicted octanol–water partition coefficient (Wildman–Crippen LogP) is 3.61. The number of nitrogens with one attached hydrogen (secondary N) is 1. The van der Waals surface area contributed by atoms with Crippen LogP contribution in [-0.4, -0.2) is 17.1 Å². The van der Waals surface area contributed by atoms with E-state index in [1.54, 1.807) is 18.4 Å². The molecule has 0 radical (unpaired) electrons. The summed E-state index contributed by atoms with van der Waals surface area (Å²) in [4.78, 5) is 7.81. The second-order valence-corrected chi connectivity index (χ2v) is 4.81. The fraction of sp³-hybridized carbons (Fsp3) is 0.154. The molecule has 0 spiro atoms. The van der Waals surface area contributed by atoms with Crippen LogP contribution in [0.4, 0.5) is 0 Å². The molecule has 0 aliphatic rings. The molecule has 1 aromatic carbocycles. The van der Waals surface area contributed by atoms with Gasteiger partial charge in [0.15, 0.2) is 5.06 Å². The first-order valence-corrected chi connectivity index (χ1v) is 6.19. The van der Waals surface area contributed by atoms with E-state index in [0.29, 0.717) is 0 Å². The average molecular weight is 244 g/mol. The smallest absolute Gasteiger partial charge is 0.197 e. The van der Waals surface area contributed by atoms with Crippen molar-refractivity contribution < 1.29 is 4.74 Å². The molecule has 3 rings (SSSR count). The number of ether oxygens (including phenoxy) is 1. The molecule has 17 heavy (non-hydrogen) atoms. The number of hydrogen-bond donors (Lipinski definition) is 1. The molecule has 0 aliphatic heterocycles. The number of hydrogen-bond acceptors (Lipinski definition) is 3. The van der Waals surface area contributed by atoms with Crippen LogP contribution >= 0.6 is 11.3 Å². The monoisotopic (exact) mass is 244 g/mol. The molecule has 0 unspecified atom stereocenters. The number of nitrogens with zero attached hydrogens (tertiary/aromatic N) is 1. The lowest BCUT2D eigenvalue weighted by molar-refractivity contribution is 0.423. The molecule has 0 aliphatic carbocycles. The summed E-state index contributed by atoms with van der Waals surface area (Å²) < 4.78 is 5.28. The Balaban J connectivity index is 2.20. The lowest BCUT2D eigenvalue weighted by Gasteiger charge is -1.92. The maximum atomic E-state index is 5.28. The summed E-state index contributed by atoms with van der Waals surface area (Å²) in [6.45, 7) is 1.97. The highest BCUT2D eigenvalue weighted by atomic mass is 32.1. The van der Waals surface area contributed by atoms with Crippen LogP contribution in [-0.2, 0) is 0 Å². The number of para-hydroxylation sites is 1. The van der Waals surface area contributed by atoms with Crippen molar-refractivity contribution in [2.75, 3.05) is 7.11 Å². The average Bonchev–Trinajstić information content (AvgIpc) is 2.92. The second kappa shape index (κ2) is 3.89. The van der Waals surface area contributed by atoms with Gasteiger partial charge in [-0.25, -0.2) is 4.98 Å². The molecule has 86 valence electrons. The molecule has 1 N–H and O–H groups in total. The van der Waals surface area contributed by atoms with Crippen LogP contribution in [0, 0.1) is 6.92 Å². The van der Waals surface area contributed by atoms with E-state index < -0.39 is 0 Å². The van der Waals surface area contributed by atoms with E-state index in [1.165, 1.54) is 5.39 Å². The van der Waals surface area contributed by atoms with Crippen molar-refractivity contribution in [2.45, 2.75) is 6.92 Å². The van der Waals surface area contributed by atoms with Crippen LogP contribution in [0.15, 0.2) is 30.5 Å². The van der Waals surface area contributed by atoms with Crippen LogP contribution < -0.4 is 4.74 Å². The molecule has 0 saturated heterocycles. The minimum atomic E-state index is 0.880. The van der Waals surface area contributed by atoms with Gasteiger partial charge in [-0.15, -0.1) is 0 Å². The van der Waals surface area contributed by atoms with E-state index in [1.807, 2.05) is 25.3 Å². The first kappa shape index (κ1) is 10.4. The van der Waals surface area contributed by atoms with Crippen LogP contribution in [0.5, 0.6) is 5.06 Å². The second-order valence-electron chi connectivity index (χ2n) is 3.84. The molecule has 2 heterocycles. The van der Waals surface area contributed by atoms with Gasteiger partial charge in [0.2, 0.25) is 0 Å².